The number of nitrogens with one attached hydrogen (secondary N) is 1. The first-order valence-electron chi connectivity index (χ1n) is 12.9. The highest BCUT2D eigenvalue weighted by Crippen LogP contribution is 2.37. The van der Waals surface area contributed by atoms with Crippen LogP contribution in [-0.2, 0) is 20.9 Å². The number of carbonyl (C=O) groups is 3. The predicted molar refractivity (Wildman–Crippen MR) is 131 cm³/mol. The zero-order valence-electron chi connectivity index (χ0n) is 21.4. The number of aromatic nitrogens is 1. The third-order valence-electron chi connectivity index (χ3n) is 6.99. The second-order valence-electron chi connectivity index (χ2n) is 10.0. The number of alkyl halides is 2. The highest BCUT2D eigenvalue weighted by atomic mass is 19.3. The lowest BCUT2D eigenvalue weighted by molar-refractivity contribution is -0.145. The monoisotopic (exact) mass is 548 g/mol. The molecule has 0 bridgehead atoms. The number of nitrogens with two attached hydrogens (primary N) is 1. The number of nitrogens with zero attached hydrogens (tertiary/aromatic N) is 2. The van der Waals surface area contributed by atoms with Crippen LogP contribution in [0.4, 0.5) is 8.78 Å². The second kappa shape index (κ2) is 11.2. The number of halogens is 2. The van der Waals surface area contributed by atoms with Crippen molar-refractivity contribution in [2.75, 3.05) is 20.3 Å². The van der Waals surface area contributed by atoms with E-state index in [2.05, 4.69) is 15.0 Å². The number of benzene rings is 1. The smallest absolute Gasteiger partial charge is 0.387 e. The summed E-state index contributed by atoms with van der Waals surface area (Å²) in [4.78, 5) is 44.0. The van der Waals surface area contributed by atoms with Gasteiger partial charge in [-0.05, 0) is 49.8 Å². The van der Waals surface area contributed by atoms with Crippen LogP contribution in [0.1, 0.15) is 48.4 Å². The minimum atomic E-state index is -3.03. The number of carbonyl (C=O) groups excluding carboxylic acids is 3. The molecule has 1 saturated heterocycles. The molecule has 2 heterocycles. The van der Waals surface area contributed by atoms with Crippen molar-refractivity contribution in [2.24, 2.45) is 17.6 Å². The number of likely N-dealkylation sites (tertiary alicyclic amines) is 1. The summed E-state index contributed by atoms with van der Waals surface area (Å²) in [6, 6.07) is 2.88. The summed E-state index contributed by atoms with van der Waals surface area (Å²) in [7, 11) is 1.23. The third kappa shape index (κ3) is 6.13. The average molecular weight is 549 g/mol. The van der Waals surface area contributed by atoms with Gasteiger partial charge in [-0.1, -0.05) is 0 Å². The topological polar surface area (TPSA) is 146 Å². The molecule has 1 aromatic carbocycles. The fraction of sp³-hybridized carbons (Fsp3) is 0.538. The molecule has 1 aliphatic heterocycles. The van der Waals surface area contributed by atoms with E-state index in [9.17, 15) is 23.2 Å². The number of amides is 2. The third-order valence-corrected chi connectivity index (χ3v) is 6.99. The maximum Gasteiger partial charge on any atom is 0.387 e. The van der Waals surface area contributed by atoms with Crippen molar-refractivity contribution in [3.63, 3.8) is 0 Å². The number of methoxy groups -OCH3 is 1. The van der Waals surface area contributed by atoms with Crippen LogP contribution in [0.2, 0.25) is 0 Å². The summed E-state index contributed by atoms with van der Waals surface area (Å²) in [5.41, 5.74) is 6.11. The molecule has 1 aromatic heterocycles. The van der Waals surface area contributed by atoms with E-state index >= 15 is 0 Å². The zero-order valence-corrected chi connectivity index (χ0v) is 21.4. The molecule has 0 radical (unpaired) electrons. The Bertz CT molecular complexity index is 1240. The van der Waals surface area contributed by atoms with Gasteiger partial charge < -0.3 is 34.6 Å². The van der Waals surface area contributed by atoms with Gasteiger partial charge in [0.2, 0.25) is 11.8 Å². The van der Waals surface area contributed by atoms with E-state index in [1.165, 1.54) is 30.2 Å². The van der Waals surface area contributed by atoms with E-state index < -0.39 is 30.6 Å². The van der Waals surface area contributed by atoms with E-state index in [0.29, 0.717) is 18.1 Å². The van der Waals surface area contributed by atoms with Crippen molar-refractivity contribution < 1.29 is 41.8 Å². The maximum absolute atomic E-state index is 13.6. The van der Waals surface area contributed by atoms with Crippen molar-refractivity contribution in [3.8, 4) is 23.0 Å². The van der Waals surface area contributed by atoms with Gasteiger partial charge in [0.05, 0.1) is 20.3 Å². The minimum Gasteiger partial charge on any atom is -0.489 e. The van der Waals surface area contributed by atoms with Gasteiger partial charge in [-0.25, -0.2) is 9.78 Å². The van der Waals surface area contributed by atoms with Crippen molar-refractivity contribution in [1.29, 1.82) is 0 Å². The van der Waals surface area contributed by atoms with Crippen LogP contribution in [0.15, 0.2) is 22.6 Å². The van der Waals surface area contributed by atoms with Gasteiger partial charge in [-0.2, -0.15) is 8.78 Å². The second-order valence-corrected chi connectivity index (χ2v) is 10.0. The van der Waals surface area contributed by atoms with Crippen molar-refractivity contribution in [3.05, 3.63) is 29.7 Å². The van der Waals surface area contributed by atoms with Crippen LogP contribution < -0.4 is 20.5 Å². The van der Waals surface area contributed by atoms with Crippen LogP contribution >= 0.6 is 0 Å². The molecular formula is C26H30F2N4O7. The van der Waals surface area contributed by atoms with E-state index in [1.807, 2.05) is 0 Å². The number of hydrogen-bond donors (Lipinski definition) is 2. The van der Waals surface area contributed by atoms with E-state index in [1.54, 1.807) is 0 Å². The average Bonchev–Trinajstić information content (AvgIpc) is 3.85. The molecule has 3 aliphatic rings. The molecule has 210 valence electrons. The van der Waals surface area contributed by atoms with Gasteiger partial charge in [0, 0.05) is 30.5 Å². The lowest BCUT2D eigenvalue weighted by atomic mass is 10.1. The Morgan fingerprint density at radius 3 is 2.62 bits per heavy atom. The standard InChI is InChI=1S/C26H30F2N4O7/c1-36-25(35)17-9-16(30-22(33)14-4-5-14)11-32(17)24(34)21-20(10-29)38-23(31-21)15-6-7-18(39-26(27)28)19(8-15)37-12-13-2-3-13/h6-8,13-14,16-17,26H,2-5,9-12,29H2,1H3,(H,30,33)/t16-,17+/m1/s1. The molecule has 2 aromatic rings. The summed E-state index contributed by atoms with van der Waals surface area (Å²) < 4.78 is 46.8. The molecule has 0 unspecified atom stereocenters. The van der Waals surface area contributed by atoms with Crippen LogP contribution in [0.5, 0.6) is 11.5 Å². The maximum atomic E-state index is 13.6. The number of oxazole rings is 1. The Morgan fingerprint density at radius 2 is 1.97 bits per heavy atom. The molecule has 39 heavy (non-hydrogen) atoms. The first-order chi connectivity index (χ1) is 18.8. The molecule has 5 rings (SSSR count). The molecular weight excluding hydrogens is 518 g/mol. The Labute approximate surface area is 222 Å². The van der Waals surface area contributed by atoms with Crippen molar-refractivity contribution >= 4 is 17.8 Å². The summed E-state index contributed by atoms with van der Waals surface area (Å²) in [6.45, 7) is -2.75. The van der Waals surface area contributed by atoms with Crippen molar-refractivity contribution in [1.82, 2.24) is 15.2 Å². The number of rotatable bonds is 11. The van der Waals surface area contributed by atoms with E-state index in [-0.39, 0.29) is 60.2 Å². The number of ether oxygens (including phenoxy) is 3. The molecule has 2 atom stereocenters. The van der Waals surface area contributed by atoms with Crippen molar-refractivity contribution in [2.45, 2.75) is 57.3 Å². The molecule has 2 aliphatic carbocycles. The fourth-order valence-electron chi connectivity index (χ4n) is 4.55. The molecule has 3 fully saturated rings. The lowest BCUT2D eigenvalue weighted by Crippen LogP contribution is -2.42. The van der Waals surface area contributed by atoms with Gasteiger partial charge in [0.15, 0.2) is 23.0 Å². The van der Waals surface area contributed by atoms with Crippen LogP contribution in [0, 0.1) is 11.8 Å². The Hall–Kier alpha value is -3.74. The van der Waals surface area contributed by atoms with Gasteiger partial charge >= 0.3 is 12.6 Å². The first kappa shape index (κ1) is 26.9. The highest BCUT2D eigenvalue weighted by molar-refractivity contribution is 5.97. The SMILES string of the molecule is COC(=O)[C@@H]1C[C@@H](NC(=O)C2CC2)CN1C(=O)c1nc(-c2ccc(OC(F)F)c(OCC3CC3)c2)oc1CN. The summed E-state index contributed by atoms with van der Waals surface area (Å²) >= 11 is 0. The summed E-state index contributed by atoms with van der Waals surface area (Å²) in [5, 5.41) is 2.91. The molecule has 2 saturated carbocycles. The highest BCUT2D eigenvalue weighted by Gasteiger charge is 2.44. The zero-order chi connectivity index (χ0) is 27.7. The number of esters is 1. The lowest BCUT2D eigenvalue weighted by Gasteiger charge is -2.21. The Morgan fingerprint density at radius 1 is 1.21 bits per heavy atom. The van der Waals surface area contributed by atoms with Crippen LogP contribution in [-0.4, -0.2) is 66.6 Å². The fourth-order valence-corrected chi connectivity index (χ4v) is 4.55. The van der Waals surface area contributed by atoms with Crippen LogP contribution in [0.3, 0.4) is 0 Å². The van der Waals surface area contributed by atoms with Gasteiger partial charge in [0.1, 0.15) is 6.04 Å². The quantitative estimate of drug-likeness (QED) is 0.404. The predicted octanol–water partition coefficient (Wildman–Crippen LogP) is 2.47. The van der Waals surface area contributed by atoms with Crippen LogP contribution in [0.25, 0.3) is 11.5 Å². The minimum absolute atomic E-state index is 0.0195. The molecule has 0 spiro atoms. The Balaban J connectivity index is 1.39. The molecule has 13 heteroatoms. The molecule has 11 nitrogen and oxygen atoms in total. The van der Waals surface area contributed by atoms with Gasteiger partial charge in [0.25, 0.3) is 5.91 Å². The number of hydrogen-bond acceptors (Lipinski definition) is 9. The normalized spacial score (nSPS) is 20.7. The summed E-state index contributed by atoms with van der Waals surface area (Å²) in [5.74, 6) is -0.906. The van der Waals surface area contributed by atoms with E-state index in [4.69, 9.17) is 19.6 Å². The van der Waals surface area contributed by atoms with E-state index in [0.717, 1.165) is 25.7 Å². The largest absolute Gasteiger partial charge is 0.489 e. The molecule has 3 N–H and O–H groups in total. The Kier molecular flexibility index (Phi) is 7.69. The molecule has 2 amide bonds. The first-order valence-corrected chi connectivity index (χ1v) is 12.9. The van der Waals surface area contributed by atoms with Gasteiger partial charge in [-0.15, -0.1) is 0 Å². The van der Waals surface area contributed by atoms with Gasteiger partial charge in [-0.3, -0.25) is 9.59 Å². The summed E-state index contributed by atoms with van der Waals surface area (Å²) in [6.07, 6.45) is 3.86.